The molecular weight excluding hydrogens is 268 g/mol. The molecule has 0 spiro atoms. The first-order valence-electron chi connectivity index (χ1n) is 7.12. The van der Waals surface area contributed by atoms with E-state index < -0.39 is 0 Å². The molecule has 0 radical (unpaired) electrons. The van der Waals surface area contributed by atoms with Crippen LogP contribution in [0.1, 0.15) is 6.92 Å². The van der Waals surface area contributed by atoms with E-state index in [1.807, 2.05) is 25.1 Å². The Bertz CT molecular complexity index is 725. The second-order valence-electron chi connectivity index (χ2n) is 5.33. The molecule has 1 fully saturated rings. The highest BCUT2D eigenvalue weighted by molar-refractivity contribution is 5.81. The van der Waals surface area contributed by atoms with Crippen molar-refractivity contribution in [3.05, 3.63) is 40.8 Å². The molecule has 110 valence electrons. The summed E-state index contributed by atoms with van der Waals surface area (Å²) in [5, 5.41) is 8.73. The second kappa shape index (κ2) is 5.65. The van der Waals surface area contributed by atoms with Crippen molar-refractivity contribution in [1.29, 1.82) is 0 Å². The zero-order chi connectivity index (χ0) is 14.8. The number of hydrogen-bond acceptors (Lipinski definition) is 4. The Balaban J connectivity index is 1.86. The number of carbonyl (C=O) groups excluding carboxylic acids is 1. The Morgan fingerprint density at radius 2 is 2.24 bits per heavy atom. The number of nitrogens with zero attached hydrogens (tertiary/aromatic N) is 3. The first-order valence-corrected chi connectivity index (χ1v) is 7.12. The number of piperazine rings is 1. The quantitative estimate of drug-likeness (QED) is 0.857. The van der Waals surface area contributed by atoms with Gasteiger partial charge in [-0.1, -0.05) is 18.2 Å². The van der Waals surface area contributed by atoms with Crippen molar-refractivity contribution in [1.82, 2.24) is 20.0 Å². The normalized spacial score (nSPS) is 18.9. The number of rotatable bonds is 2. The minimum Gasteiger partial charge on any atom is -0.336 e. The van der Waals surface area contributed by atoms with Crippen LogP contribution in [0.15, 0.2) is 35.3 Å². The van der Waals surface area contributed by atoms with Gasteiger partial charge in [-0.2, -0.15) is 5.10 Å². The molecule has 21 heavy (non-hydrogen) atoms. The first kappa shape index (κ1) is 13.8. The third-order valence-electron chi connectivity index (χ3n) is 3.87. The van der Waals surface area contributed by atoms with Crippen molar-refractivity contribution in [2.75, 3.05) is 19.6 Å². The van der Waals surface area contributed by atoms with Crippen molar-refractivity contribution in [3.63, 3.8) is 0 Å². The van der Waals surface area contributed by atoms with E-state index in [1.54, 1.807) is 17.2 Å². The topological polar surface area (TPSA) is 67.2 Å². The van der Waals surface area contributed by atoms with E-state index in [-0.39, 0.29) is 24.1 Å². The maximum absolute atomic E-state index is 12.4. The number of carbonyl (C=O) groups is 1. The first-order chi connectivity index (χ1) is 10.2. The molecule has 0 aliphatic carbocycles. The van der Waals surface area contributed by atoms with Crippen LogP contribution >= 0.6 is 0 Å². The van der Waals surface area contributed by atoms with Gasteiger partial charge in [-0.25, -0.2) is 4.68 Å². The van der Waals surface area contributed by atoms with Crippen LogP contribution in [-0.2, 0) is 11.3 Å². The summed E-state index contributed by atoms with van der Waals surface area (Å²) >= 11 is 0. The summed E-state index contributed by atoms with van der Waals surface area (Å²) in [5.74, 6) is -0.0612. The van der Waals surface area contributed by atoms with Crippen LogP contribution in [0.2, 0.25) is 0 Å². The van der Waals surface area contributed by atoms with Crippen LogP contribution < -0.4 is 10.9 Å². The van der Waals surface area contributed by atoms with Crippen LogP contribution in [0.3, 0.4) is 0 Å². The molecular formula is C15H18N4O2. The van der Waals surface area contributed by atoms with Gasteiger partial charge in [0, 0.05) is 31.1 Å². The zero-order valence-corrected chi connectivity index (χ0v) is 12.0. The molecule has 1 aromatic heterocycles. The van der Waals surface area contributed by atoms with Crippen molar-refractivity contribution in [2.45, 2.75) is 19.5 Å². The molecule has 3 rings (SSSR count). The molecule has 0 bridgehead atoms. The lowest BCUT2D eigenvalue weighted by atomic mass is 10.2. The van der Waals surface area contributed by atoms with Crippen molar-refractivity contribution in [2.24, 2.45) is 0 Å². The average Bonchev–Trinajstić information content (AvgIpc) is 2.51. The van der Waals surface area contributed by atoms with Gasteiger partial charge in [-0.3, -0.25) is 9.59 Å². The monoisotopic (exact) mass is 286 g/mol. The zero-order valence-electron chi connectivity index (χ0n) is 12.0. The minimum atomic E-state index is -0.218. The lowest BCUT2D eigenvalue weighted by Crippen LogP contribution is -2.53. The SMILES string of the molecule is C[C@@H]1CNCCN1C(=O)Cn1ncc2ccccc2c1=O. The highest BCUT2D eigenvalue weighted by atomic mass is 16.2. The van der Waals surface area contributed by atoms with E-state index >= 15 is 0 Å². The number of aromatic nitrogens is 2. The molecule has 6 heteroatoms. The maximum Gasteiger partial charge on any atom is 0.275 e. The Hall–Kier alpha value is -2.21. The van der Waals surface area contributed by atoms with Crippen LogP contribution in [0.25, 0.3) is 10.8 Å². The number of hydrogen-bond donors (Lipinski definition) is 1. The number of nitrogens with one attached hydrogen (secondary N) is 1. The van der Waals surface area contributed by atoms with Gasteiger partial charge < -0.3 is 10.2 Å². The van der Waals surface area contributed by atoms with Gasteiger partial charge in [0.15, 0.2) is 0 Å². The van der Waals surface area contributed by atoms with Crippen LogP contribution in [0, 0.1) is 0 Å². The molecule has 2 heterocycles. The van der Waals surface area contributed by atoms with E-state index in [1.165, 1.54) is 4.68 Å². The van der Waals surface area contributed by atoms with E-state index in [0.717, 1.165) is 18.5 Å². The predicted molar refractivity (Wildman–Crippen MR) is 80.0 cm³/mol. The molecule has 1 aliphatic heterocycles. The summed E-state index contributed by atoms with van der Waals surface area (Å²) in [5.41, 5.74) is -0.218. The largest absolute Gasteiger partial charge is 0.336 e. The van der Waals surface area contributed by atoms with E-state index in [4.69, 9.17) is 0 Å². The van der Waals surface area contributed by atoms with E-state index in [2.05, 4.69) is 10.4 Å². The lowest BCUT2D eigenvalue weighted by Gasteiger charge is -2.34. The second-order valence-corrected chi connectivity index (χ2v) is 5.33. The van der Waals surface area contributed by atoms with E-state index in [9.17, 15) is 9.59 Å². The number of amides is 1. The van der Waals surface area contributed by atoms with Gasteiger partial charge in [-0.15, -0.1) is 0 Å². The molecule has 1 aromatic carbocycles. The number of fused-ring (bicyclic) bond motifs is 1. The summed E-state index contributed by atoms with van der Waals surface area (Å²) in [6.07, 6.45) is 1.63. The highest BCUT2D eigenvalue weighted by Gasteiger charge is 2.23. The fraction of sp³-hybridized carbons (Fsp3) is 0.400. The maximum atomic E-state index is 12.4. The van der Waals surface area contributed by atoms with Crippen molar-refractivity contribution < 1.29 is 4.79 Å². The molecule has 1 saturated heterocycles. The summed E-state index contributed by atoms with van der Waals surface area (Å²) in [4.78, 5) is 26.5. The fourth-order valence-electron chi connectivity index (χ4n) is 2.67. The lowest BCUT2D eigenvalue weighted by molar-refractivity contribution is -0.134. The van der Waals surface area contributed by atoms with Crippen molar-refractivity contribution >= 4 is 16.7 Å². The number of benzene rings is 1. The van der Waals surface area contributed by atoms with Crippen LogP contribution in [0.4, 0.5) is 0 Å². The molecule has 0 unspecified atom stereocenters. The third kappa shape index (κ3) is 2.67. The minimum absolute atomic E-state index is 0.00594. The van der Waals surface area contributed by atoms with Gasteiger partial charge in [0.1, 0.15) is 6.54 Å². The molecule has 1 atom stereocenters. The molecule has 1 amide bonds. The molecule has 1 N–H and O–H groups in total. The van der Waals surface area contributed by atoms with Crippen LogP contribution in [0.5, 0.6) is 0 Å². The summed E-state index contributed by atoms with van der Waals surface area (Å²) in [7, 11) is 0. The molecule has 2 aromatic rings. The Morgan fingerprint density at radius 1 is 1.43 bits per heavy atom. The summed E-state index contributed by atoms with van der Waals surface area (Å²) in [6, 6.07) is 7.42. The van der Waals surface area contributed by atoms with Crippen molar-refractivity contribution in [3.8, 4) is 0 Å². The van der Waals surface area contributed by atoms with Crippen LogP contribution in [-0.4, -0.2) is 46.3 Å². The summed E-state index contributed by atoms with van der Waals surface area (Å²) < 4.78 is 1.25. The average molecular weight is 286 g/mol. The van der Waals surface area contributed by atoms with Gasteiger partial charge in [0.2, 0.25) is 5.91 Å². The third-order valence-corrected chi connectivity index (χ3v) is 3.87. The van der Waals surface area contributed by atoms with Gasteiger partial charge in [0.05, 0.1) is 11.6 Å². The molecule has 1 aliphatic rings. The molecule has 6 nitrogen and oxygen atoms in total. The highest BCUT2D eigenvalue weighted by Crippen LogP contribution is 2.07. The van der Waals surface area contributed by atoms with E-state index in [0.29, 0.717) is 11.9 Å². The predicted octanol–water partition coefficient (Wildman–Crippen LogP) is 0.217. The van der Waals surface area contributed by atoms with Gasteiger partial charge >= 0.3 is 0 Å². The fourth-order valence-corrected chi connectivity index (χ4v) is 2.67. The smallest absolute Gasteiger partial charge is 0.275 e. The molecule has 0 saturated carbocycles. The Labute approximate surface area is 122 Å². The van der Waals surface area contributed by atoms with Gasteiger partial charge in [0.25, 0.3) is 5.56 Å². The Morgan fingerprint density at radius 3 is 3.05 bits per heavy atom. The standard InChI is InChI=1S/C15H18N4O2/c1-11-8-16-6-7-18(11)14(20)10-19-15(21)13-5-3-2-4-12(13)9-17-19/h2-5,9,11,16H,6-8,10H2,1H3/t11-/m1/s1. The Kier molecular flexibility index (Phi) is 3.70. The van der Waals surface area contributed by atoms with Gasteiger partial charge in [-0.05, 0) is 13.0 Å². The summed E-state index contributed by atoms with van der Waals surface area (Å²) in [6.45, 7) is 4.24.